The molecule has 7 heteroatoms. The minimum atomic E-state index is -3.66. The molecule has 6 nitrogen and oxygen atoms in total. The fourth-order valence-corrected chi connectivity index (χ4v) is 4.09. The summed E-state index contributed by atoms with van der Waals surface area (Å²) in [5, 5.41) is 0. The van der Waals surface area contributed by atoms with Crippen LogP contribution in [0, 0.1) is 0 Å². The maximum absolute atomic E-state index is 12.3. The fourth-order valence-electron chi connectivity index (χ4n) is 2.83. The van der Waals surface area contributed by atoms with Gasteiger partial charge in [0, 0.05) is 12.6 Å². The number of hydrogen-bond donors (Lipinski definition) is 0. The lowest BCUT2D eigenvalue weighted by molar-refractivity contribution is -0.000155. The van der Waals surface area contributed by atoms with Gasteiger partial charge < -0.3 is 9.64 Å². The second-order valence-electron chi connectivity index (χ2n) is 7.45. The van der Waals surface area contributed by atoms with Gasteiger partial charge in [0.1, 0.15) is 11.4 Å². The maximum atomic E-state index is 12.3. The molecular formula is C18H27NO5S. The summed E-state index contributed by atoms with van der Waals surface area (Å²) in [6, 6.07) is 8.81. The molecule has 0 unspecified atom stereocenters. The van der Waals surface area contributed by atoms with Gasteiger partial charge in [0.2, 0.25) is 0 Å². The minimum Gasteiger partial charge on any atom is -0.444 e. The largest absolute Gasteiger partial charge is 0.444 e. The molecule has 0 spiro atoms. The number of benzene rings is 1. The number of carbonyl (C=O) groups excluding carboxylic acids is 1. The zero-order valence-corrected chi connectivity index (χ0v) is 16.1. The van der Waals surface area contributed by atoms with E-state index in [0.29, 0.717) is 24.9 Å². The summed E-state index contributed by atoms with van der Waals surface area (Å²) in [5.41, 5.74) is 0.144. The second kappa shape index (κ2) is 7.74. The summed E-state index contributed by atoms with van der Waals surface area (Å²) in [6.07, 6.45) is 0.151. The summed E-state index contributed by atoms with van der Waals surface area (Å²) in [4.78, 5) is 13.8. The van der Waals surface area contributed by atoms with Crippen molar-refractivity contribution in [3.05, 3.63) is 35.9 Å². The molecule has 1 heterocycles. The summed E-state index contributed by atoms with van der Waals surface area (Å²) in [5.74, 6) is -0.144. The molecule has 140 valence electrons. The molecule has 0 aliphatic carbocycles. The monoisotopic (exact) mass is 369 g/mol. The third-order valence-corrected chi connectivity index (χ3v) is 5.18. The van der Waals surface area contributed by atoms with E-state index in [9.17, 15) is 13.2 Å². The van der Waals surface area contributed by atoms with Crippen molar-refractivity contribution in [2.24, 2.45) is 0 Å². The first-order valence-electron chi connectivity index (χ1n) is 8.50. The van der Waals surface area contributed by atoms with Gasteiger partial charge in [-0.2, -0.15) is 8.42 Å². The number of nitrogens with zero attached hydrogens (tertiary/aromatic N) is 1. The van der Waals surface area contributed by atoms with E-state index in [-0.39, 0.29) is 17.9 Å². The van der Waals surface area contributed by atoms with Crippen LogP contribution in [-0.4, -0.2) is 43.7 Å². The first kappa shape index (κ1) is 19.7. The molecule has 0 saturated carbocycles. The van der Waals surface area contributed by atoms with Crippen molar-refractivity contribution in [2.45, 2.75) is 64.0 Å². The van der Waals surface area contributed by atoms with E-state index >= 15 is 0 Å². The molecule has 1 aliphatic heterocycles. The Balaban J connectivity index is 1.91. The number of ether oxygens (including phenoxy) is 1. The standard InChI is InChI=1S/C18H27NO5S/c1-14-12-16(10-11-19(14)17(20)23-18(2,3)4)24-25(21,22)13-15-8-6-5-7-9-15/h5-9,14,16H,10-13H2,1-4H3/t14-,16-/m1/s1. The molecule has 1 aliphatic rings. The first-order valence-corrected chi connectivity index (χ1v) is 10.1. The number of rotatable bonds is 4. The molecular weight excluding hydrogens is 342 g/mol. The highest BCUT2D eigenvalue weighted by molar-refractivity contribution is 7.85. The lowest BCUT2D eigenvalue weighted by Gasteiger charge is -2.37. The lowest BCUT2D eigenvalue weighted by atomic mass is 10.0. The van der Waals surface area contributed by atoms with Crippen molar-refractivity contribution in [3.8, 4) is 0 Å². The SMILES string of the molecule is C[C@@H]1C[C@H](OS(=O)(=O)Cc2ccccc2)CCN1C(=O)OC(C)(C)C. The van der Waals surface area contributed by atoms with Crippen LogP contribution in [0.3, 0.4) is 0 Å². The number of piperidine rings is 1. The zero-order chi connectivity index (χ0) is 18.7. The molecule has 0 N–H and O–H groups in total. The summed E-state index contributed by atoms with van der Waals surface area (Å²) >= 11 is 0. The highest BCUT2D eigenvalue weighted by Gasteiger charge is 2.34. The van der Waals surface area contributed by atoms with Gasteiger partial charge in [-0.05, 0) is 46.1 Å². The Morgan fingerprint density at radius 1 is 1.24 bits per heavy atom. The average molecular weight is 369 g/mol. The van der Waals surface area contributed by atoms with E-state index < -0.39 is 21.8 Å². The van der Waals surface area contributed by atoms with Crippen molar-refractivity contribution in [2.75, 3.05) is 6.54 Å². The quantitative estimate of drug-likeness (QED) is 0.761. The topological polar surface area (TPSA) is 72.9 Å². The van der Waals surface area contributed by atoms with Crippen molar-refractivity contribution < 1.29 is 22.1 Å². The van der Waals surface area contributed by atoms with Gasteiger partial charge >= 0.3 is 6.09 Å². The summed E-state index contributed by atoms with van der Waals surface area (Å²) in [6.45, 7) is 7.76. The Kier molecular flexibility index (Phi) is 6.11. The van der Waals surface area contributed by atoms with E-state index in [1.54, 1.807) is 29.2 Å². The number of likely N-dealkylation sites (tertiary alicyclic amines) is 1. The van der Waals surface area contributed by atoms with Crippen LogP contribution in [0.1, 0.15) is 46.1 Å². The van der Waals surface area contributed by atoms with E-state index in [2.05, 4.69) is 0 Å². The van der Waals surface area contributed by atoms with E-state index in [0.717, 1.165) is 0 Å². The molecule has 1 amide bonds. The van der Waals surface area contributed by atoms with Crippen molar-refractivity contribution in [1.29, 1.82) is 0 Å². The van der Waals surface area contributed by atoms with E-state index in [1.165, 1.54) is 0 Å². The number of hydrogen-bond acceptors (Lipinski definition) is 5. The van der Waals surface area contributed by atoms with E-state index in [1.807, 2.05) is 33.8 Å². The fraction of sp³-hybridized carbons (Fsp3) is 0.611. The smallest absolute Gasteiger partial charge is 0.410 e. The molecule has 25 heavy (non-hydrogen) atoms. The zero-order valence-electron chi connectivity index (χ0n) is 15.3. The molecule has 1 aromatic rings. The van der Waals surface area contributed by atoms with Gasteiger partial charge in [0.25, 0.3) is 10.1 Å². The Morgan fingerprint density at radius 2 is 1.88 bits per heavy atom. The van der Waals surface area contributed by atoms with E-state index in [4.69, 9.17) is 8.92 Å². The van der Waals surface area contributed by atoms with Crippen molar-refractivity contribution >= 4 is 16.2 Å². The predicted molar refractivity (Wildman–Crippen MR) is 95.6 cm³/mol. The molecule has 2 atom stereocenters. The molecule has 0 bridgehead atoms. The maximum Gasteiger partial charge on any atom is 0.410 e. The van der Waals surface area contributed by atoms with Crippen LogP contribution in [0.2, 0.25) is 0 Å². The van der Waals surface area contributed by atoms with Gasteiger partial charge in [-0.3, -0.25) is 4.18 Å². The van der Waals surface area contributed by atoms with Crippen LogP contribution >= 0.6 is 0 Å². The highest BCUT2D eigenvalue weighted by Crippen LogP contribution is 2.24. The summed E-state index contributed by atoms with van der Waals surface area (Å²) < 4.78 is 35.3. The molecule has 2 rings (SSSR count). The second-order valence-corrected chi connectivity index (χ2v) is 9.05. The van der Waals surface area contributed by atoms with Gasteiger partial charge in [0.05, 0.1) is 6.10 Å². The van der Waals surface area contributed by atoms with Crippen molar-refractivity contribution in [3.63, 3.8) is 0 Å². The number of amides is 1. The van der Waals surface area contributed by atoms with Crippen LogP contribution in [0.15, 0.2) is 30.3 Å². The predicted octanol–water partition coefficient (Wildman–Crippen LogP) is 3.32. The first-order chi connectivity index (χ1) is 11.6. The normalized spacial score (nSPS) is 21.8. The average Bonchev–Trinajstić information content (AvgIpc) is 2.45. The molecule has 0 radical (unpaired) electrons. The Bertz CT molecular complexity index is 681. The van der Waals surface area contributed by atoms with Crippen molar-refractivity contribution in [1.82, 2.24) is 4.90 Å². The Hall–Kier alpha value is -1.60. The summed E-state index contributed by atoms with van der Waals surface area (Å²) in [7, 11) is -3.66. The number of carbonyl (C=O) groups is 1. The van der Waals surface area contributed by atoms with Gasteiger partial charge in [-0.1, -0.05) is 30.3 Å². The molecule has 1 aromatic carbocycles. The van der Waals surface area contributed by atoms with Crippen LogP contribution in [0.5, 0.6) is 0 Å². The molecule has 0 aromatic heterocycles. The molecule has 1 fully saturated rings. The minimum absolute atomic E-state index is 0.138. The van der Waals surface area contributed by atoms with Gasteiger partial charge in [-0.25, -0.2) is 4.79 Å². The third-order valence-electron chi connectivity index (χ3n) is 3.93. The third kappa shape index (κ3) is 6.32. The van der Waals surface area contributed by atoms with Gasteiger partial charge in [-0.15, -0.1) is 0 Å². The van der Waals surface area contributed by atoms with Gasteiger partial charge in [0.15, 0.2) is 0 Å². The van der Waals surface area contributed by atoms with Crippen LogP contribution in [-0.2, 0) is 24.8 Å². The van der Waals surface area contributed by atoms with Crippen LogP contribution in [0.4, 0.5) is 4.79 Å². The molecule has 1 saturated heterocycles. The Labute approximate surface area is 150 Å². The highest BCUT2D eigenvalue weighted by atomic mass is 32.2. The van der Waals surface area contributed by atoms with Crippen LogP contribution < -0.4 is 0 Å². The van der Waals surface area contributed by atoms with Crippen LogP contribution in [0.25, 0.3) is 0 Å². The Morgan fingerprint density at radius 3 is 2.44 bits per heavy atom. The lowest BCUT2D eigenvalue weighted by Crippen LogP contribution is -2.48.